The molecule has 3 heterocycles. The van der Waals surface area contributed by atoms with Gasteiger partial charge in [-0.1, -0.05) is 0 Å². The Bertz CT molecular complexity index is 1070. The third-order valence-corrected chi connectivity index (χ3v) is 3.79. The van der Waals surface area contributed by atoms with Crippen molar-refractivity contribution in [3.05, 3.63) is 64.3 Å². The molecule has 0 atom stereocenters. The fraction of sp³-hybridized carbons (Fsp3) is 0.0588. The van der Waals surface area contributed by atoms with Crippen LogP contribution in [-0.4, -0.2) is 15.9 Å². The molecule has 1 aromatic carbocycles. The van der Waals surface area contributed by atoms with Gasteiger partial charge < -0.3 is 19.7 Å². The first kappa shape index (κ1) is 13.4. The van der Waals surface area contributed by atoms with E-state index in [1.54, 1.807) is 30.5 Å². The lowest BCUT2D eigenvalue weighted by Crippen LogP contribution is -2.12. The van der Waals surface area contributed by atoms with Gasteiger partial charge >= 0.3 is 0 Å². The zero-order valence-electron chi connectivity index (χ0n) is 12.3. The first-order chi connectivity index (χ1) is 11.1. The lowest BCUT2D eigenvalue weighted by molar-refractivity contribution is 0.102. The number of aryl methyl sites for hydroxylation is 1. The normalized spacial score (nSPS) is 11.2. The average Bonchev–Trinajstić information content (AvgIpc) is 3.09. The SMILES string of the molecule is Cc1cc(=O)[nH]c2ccc(NC(=O)c3cc4occc4[nH]3)cc12. The van der Waals surface area contributed by atoms with E-state index in [0.29, 0.717) is 17.0 Å². The van der Waals surface area contributed by atoms with Gasteiger partial charge in [0.15, 0.2) is 5.58 Å². The van der Waals surface area contributed by atoms with E-state index in [4.69, 9.17) is 4.42 Å². The third kappa shape index (κ3) is 2.30. The van der Waals surface area contributed by atoms with E-state index in [-0.39, 0.29) is 11.5 Å². The molecule has 3 N–H and O–H groups in total. The summed E-state index contributed by atoms with van der Waals surface area (Å²) in [6.45, 7) is 1.86. The van der Waals surface area contributed by atoms with Gasteiger partial charge in [0.05, 0.1) is 11.8 Å². The summed E-state index contributed by atoms with van der Waals surface area (Å²) in [6, 6.07) is 10.3. The summed E-state index contributed by atoms with van der Waals surface area (Å²) in [5.41, 5.74) is 3.97. The Labute approximate surface area is 130 Å². The zero-order chi connectivity index (χ0) is 16.0. The number of hydrogen-bond acceptors (Lipinski definition) is 3. The number of carbonyl (C=O) groups is 1. The van der Waals surface area contributed by atoms with Crippen molar-refractivity contribution in [1.29, 1.82) is 0 Å². The molecule has 1 amide bonds. The number of benzene rings is 1. The van der Waals surface area contributed by atoms with Crippen LogP contribution in [0.1, 0.15) is 16.1 Å². The summed E-state index contributed by atoms with van der Waals surface area (Å²) in [5.74, 6) is -0.252. The van der Waals surface area contributed by atoms with Crippen LogP contribution in [0.15, 0.2) is 51.9 Å². The molecule has 4 rings (SSSR count). The number of pyridine rings is 1. The maximum atomic E-state index is 12.3. The lowest BCUT2D eigenvalue weighted by Gasteiger charge is -2.07. The maximum Gasteiger partial charge on any atom is 0.272 e. The van der Waals surface area contributed by atoms with Gasteiger partial charge in [0, 0.05) is 34.8 Å². The van der Waals surface area contributed by atoms with Gasteiger partial charge in [-0.3, -0.25) is 9.59 Å². The molecular weight excluding hydrogens is 294 g/mol. The van der Waals surface area contributed by atoms with Crippen LogP contribution in [0.4, 0.5) is 5.69 Å². The fourth-order valence-electron chi connectivity index (χ4n) is 2.67. The molecule has 114 valence electrons. The minimum Gasteiger partial charge on any atom is -0.463 e. The third-order valence-electron chi connectivity index (χ3n) is 3.79. The summed E-state index contributed by atoms with van der Waals surface area (Å²) in [7, 11) is 0. The van der Waals surface area contributed by atoms with Crippen LogP contribution in [-0.2, 0) is 0 Å². The van der Waals surface area contributed by atoms with Crippen molar-refractivity contribution in [2.24, 2.45) is 0 Å². The van der Waals surface area contributed by atoms with Gasteiger partial charge in [0.25, 0.3) is 5.91 Å². The van der Waals surface area contributed by atoms with Crippen molar-refractivity contribution >= 4 is 33.6 Å². The molecule has 4 aromatic rings. The quantitative estimate of drug-likeness (QED) is 0.531. The Morgan fingerprint density at radius 1 is 1.09 bits per heavy atom. The second-order valence-electron chi connectivity index (χ2n) is 5.41. The van der Waals surface area contributed by atoms with Crippen LogP contribution in [0.5, 0.6) is 0 Å². The summed E-state index contributed by atoms with van der Waals surface area (Å²) < 4.78 is 5.24. The molecule has 3 aromatic heterocycles. The van der Waals surface area contributed by atoms with Crippen LogP contribution in [0.25, 0.3) is 22.0 Å². The van der Waals surface area contributed by atoms with E-state index in [9.17, 15) is 9.59 Å². The minimum absolute atomic E-state index is 0.138. The van der Waals surface area contributed by atoms with Crippen LogP contribution < -0.4 is 10.9 Å². The van der Waals surface area contributed by atoms with Crippen molar-refractivity contribution in [2.75, 3.05) is 5.32 Å². The predicted octanol–water partition coefficient (Wildman–Crippen LogP) is 3.16. The fourth-order valence-corrected chi connectivity index (χ4v) is 2.67. The van der Waals surface area contributed by atoms with Gasteiger partial charge in [0.1, 0.15) is 5.69 Å². The number of furan rings is 1. The number of nitrogens with one attached hydrogen (secondary N) is 3. The monoisotopic (exact) mass is 307 g/mol. The molecule has 0 radical (unpaired) electrons. The molecule has 0 saturated carbocycles. The van der Waals surface area contributed by atoms with Crippen molar-refractivity contribution < 1.29 is 9.21 Å². The van der Waals surface area contributed by atoms with Gasteiger partial charge in [0.2, 0.25) is 5.56 Å². The Balaban J connectivity index is 1.68. The number of fused-ring (bicyclic) bond motifs is 2. The molecule has 0 spiro atoms. The highest BCUT2D eigenvalue weighted by atomic mass is 16.3. The number of aromatic nitrogens is 2. The first-order valence-electron chi connectivity index (χ1n) is 7.11. The highest BCUT2D eigenvalue weighted by Gasteiger charge is 2.12. The van der Waals surface area contributed by atoms with Crippen molar-refractivity contribution in [1.82, 2.24) is 9.97 Å². The highest BCUT2D eigenvalue weighted by molar-refractivity contribution is 6.06. The molecule has 6 nitrogen and oxygen atoms in total. The number of amides is 1. The second-order valence-corrected chi connectivity index (χ2v) is 5.41. The number of anilines is 1. The standard InChI is InChI=1S/C17H13N3O3/c1-9-6-16(21)20-12-3-2-10(7-11(9)12)18-17(22)14-8-15-13(19-14)4-5-23-15/h2-8,19H,1H3,(H,18,22)(H,20,21). The minimum atomic E-state index is -0.252. The van der Waals surface area contributed by atoms with Crippen LogP contribution in [0.2, 0.25) is 0 Å². The Hall–Kier alpha value is -3.28. The first-order valence-corrected chi connectivity index (χ1v) is 7.11. The van der Waals surface area contributed by atoms with Crippen LogP contribution in [0, 0.1) is 6.92 Å². The molecular formula is C17H13N3O3. The smallest absolute Gasteiger partial charge is 0.272 e. The van der Waals surface area contributed by atoms with Gasteiger partial charge in [-0.25, -0.2) is 0 Å². The number of H-pyrrole nitrogens is 2. The van der Waals surface area contributed by atoms with Gasteiger partial charge in [-0.05, 0) is 30.7 Å². The topological polar surface area (TPSA) is 90.9 Å². The highest BCUT2D eigenvalue weighted by Crippen LogP contribution is 2.21. The Morgan fingerprint density at radius 3 is 2.78 bits per heavy atom. The number of hydrogen-bond donors (Lipinski definition) is 3. The van der Waals surface area contributed by atoms with E-state index in [1.807, 2.05) is 13.0 Å². The van der Waals surface area contributed by atoms with E-state index in [1.165, 1.54) is 6.07 Å². The summed E-state index contributed by atoms with van der Waals surface area (Å²) >= 11 is 0. The predicted molar refractivity (Wildman–Crippen MR) is 87.8 cm³/mol. The maximum absolute atomic E-state index is 12.3. The molecule has 0 unspecified atom stereocenters. The molecule has 0 aliphatic carbocycles. The Kier molecular flexibility index (Phi) is 2.84. The van der Waals surface area contributed by atoms with Crippen molar-refractivity contribution in [3.63, 3.8) is 0 Å². The van der Waals surface area contributed by atoms with Gasteiger partial charge in [-0.2, -0.15) is 0 Å². The molecule has 0 aliphatic rings. The largest absolute Gasteiger partial charge is 0.463 e. The molecule has 6 heteroatoms. The number of carbonyl (C=O) groups excluding carboxylic acids is 1. The van der Waals surface area contributed by atoms with E-state index >= 15 is 0 Å². The molecule has 23 heavy (non-hydrogen) atoms. The number of rotatable bonds is 2. The lowest BCUT2D eigenvalue weighted by atomic mass is 10.1. The van der Waals surface area contributed by atoms with Crippen LogP contribution in [0.3, 0.4) is 0 Å². The number of aromatic amines is 2. The molecule has 0 fully saturated rings. The van der Waals surface area contributed by atoms with Gasteiger partial charge in [-0.15, -0.1) is 0 Å². The molecule has 0 aliphatic heterocycles. The van der Waals surface area contributed by atoms with Crippen LogP contribution >= 0.6 is 0 Å². The Morgan fingerprint density at radius 2 is 1.96 bits per heavy atom. The summed E-state index contributed by atoms with van der Waals surface area (Å²) in [4.78, 5) is 29.6. The summed E-state index contributed by atoms with van der Waals surface area (Å²) in [6.07, 6.45) is 1.57. The molecule has 0 saturated heterocycles. The zero-order valence-corrected chi connectivity index (χ0v) is 12.3. The van der Waals surface area contributed by atoms with Crippen molar-refractivity contribution in [3.8, 4) is 0 Å². The van der Waals surface area contributed by atoms with E-state index in [2.05, 4.69) is 15.3 Å². The average molecular weight is 307 g/mol. The van der Waals surface area contributed by atoms with E-state index in [0.717, 1.165) is 22.0 Å². The second kappa shape index (κ2) is 4.88. The molecule has 0 bridgehead atoms. The summed E-state index contributed by atoms with van der Waals surface area (Å²) in [5, 5.41) is 3.73. The van der Waals surface area contributed by atoms with E-state index < -0.39 is 0 Å². The van der Waals surface area contributed by atoms with Crippen molar-refractivity contribution in [2.45, 2.75) is 6.92 Å².